The molecule has 0 bridgehead atoms. The first-order chi connectivity index (χ1) is 8.26. The smallest absolute Gasteiger partial charge is 0.184 e. The number of aryl methyl sites for hydroxylation is 1. The van der Waals surface area contributed by atoms with E-state index >= 15 is 0 Å². The van der Waals surface area contributed by atoms with E-state index in [9.17, 15) is 0 Å². The van der Waals surface area contributed by atoms with E-state index < -0.39 is 0 Å². The van der Waals surface area contributed by atoms with E-state index in [1.807, 2.05) is 6.07 Å². The van der Waals surface area contributed by atoms with E-state index in [4.69, 9.17) is 15.2 Å². The maximum Gasteiger partial charge on any atom is 0.184 e. The highest BCUT2D eigenvalue weighted by molar-refractivity contribution is 5.92. The molecule has 1 atom stereocenters. The molecule has 1 aliphatic carbocycles. The van der Waals surface area contributed by atoms with Crippen molar-refractivity contribution in [3.8, 4) is 11.5 Å². The fourth-order valence-corrected chi connectivity index (χ4v) is 2.69. The molecule has 1 heterocycles. The molecule has 0 saturated heterocycles. The lowest BCUT2D eigenvalue weighted by Crippen LogP contribution is -2.05. The van der Waals surface area contributed by atoms with Gasteiger partial charge in [0.1, 0.15) is 0 Å². The van der Waals surface area contributed by atoms with Crippen molar-refractivity contribution in [1.82, 2.24) is 4.98 Å². The molecule has 4 nitrogen and oxygen atoms in total. The van der Waals surface area contributed by atoms with Crippen LogP contribution in [0.1, 0.15) is 23.7 Å². The van der Waals surface area contributed by atoms with Crippen LogP contribution in [0.2, 0.25) is 0 Å². The average molecular weight is 232 g/mol. The van der Waals surface area contributed by atoms with Gasteiger partial charge in [0.25, 0.3) is 0 Å². The number of hydrogen-bond acceptors (Lipinski definition) is 3. The summed E-state index contributed by atoms with van der Waals surface area (Å²) in [6, 6.07) is 4.14. The van der Waals surface area contributed by atoms with Crippen LogP contribution in [0.15, 0.2) is 12.1 Å². The van der Waals surface area contributed by atoms with Crippen LogP contribution in [0.5, 0.6) is 11.5 Å². The molecular weight excluding hydrogens is 216 g/mol. The molecule has 0 fully saturated rings. The summed E-state index contributed by atoms with van der Waals surface area (Å²) in [7, 11) is 3.30. The molecule has 0 radical (unpaired) electrons. The maximum absolute atomic E-state index is 6.07. The van der Waals surface area contributed by atoms with Crippen molar-refractivity contribution >= 4 is 10.9 Å². The number of nitrogens with one attached hydrogen (secondary N) is 1. The molecule has 0 saturated carbocycles. The average Bonchev–Trinajstić information content (AvgIpc) is 2.88. The molecule has 0 spiro atoms. The Morgan fingerprint density at radius 1 is 1.29 bits per heavy atom. The van der Waals surface area contributed by atoms with Crippen LogP contribution < -0.4 is 15.2 Å². The van der Waals surface area contributed by atoms with Crippen LogP contribution in [-0.4, -0.2) is 19.2 Å². The quantitative estimate of drug-likeness (QED) is 0.833. The Bertz CT molecular complexity index is 574. The summed E-state index contributed by atoms with van der Waals surface area (Å²) < 4.78 is 10.7. The van der Waals surface area contributed by atoms with Crippen LogP contribution in [0.4, 0.5) is 0 Å². The van der Waals surface area contributed by atoms with E-state index in [1.165, 1.54) is 10.9 Å². The molecule has 90 valence electrons. The largest absolute Gasteiger partial charge is 0.493 e. The number of hydrogen-bond donors (Lipinski definition) is 2. The molecule has 3 N–H and O–H groups in total. The van der Waals surface area contributed by atoms with Gasteiger partial charge in [0.2, 0.25) is 0 Å². The second kappa shape index (κ2) is 3.67. The lowest BCUT2D eigenvalue weighted by atomic mass is 10.1. The van der Waals surface area contributed by atoms with Crippen LogP contribution in [-0.2, 0) is 6.42 Å². The van der Waals surface area contributed by atoms with Crippen LogP contribution in [0.25, 0.3) is 10.9 Å². The first-order valence-electron chi connectivity index (χ1n) is 5.77. The zero-order valence-corrected chi connectivity index (χ0v) is 10.0. The Morgan fingerprint density at radius 2 is 2.12 bits per heavy atom. The second-order valence-electron chi connectivity index (χ2n) is 4.39. The van der Waals surface area contributed by atoms with E-state index in [-0.39, 0.29) is 6.04 Å². The Labute approximate surface area is 99.7 Å². The molecule has 2 aromatic rings. The molecular formula is C13H16N2O2. The first-order valence-corrected chi connectivity index (χ1v) is 5.77. The number of methoxy groups -OCH3 is 2. The van der Waals surface area contributed by atoms with Gasteiger partial charge in [-0.15, -0.1) is 0 Å². The monoisotopic (exact) mass is 232 g/mol. The first kappa shape index (κ1) is 10.5. The molecule has 1 aromatic heterocycles. The predicted molar refractivity (Wildman–Crippen MR) is 66.7 cm³/mol. The number of nitrogens with two attached hydrogens (primary N) is 1. The Morgan fingerprint density at radius 3 is 2.82 bits per heavy atom. The van der Waals surface area contributed by atoms with Crippen LogP contribution in [0.3, 0.4) is 0 Å². The van der Waals surface area contributed by atoms with Gasteiger partial charge in [-0.3, -0.25) is 0 Å². The normalized spacial score (nSPS) is 18.4. The molecule has 1 aliphatic rings. The van der Waals surface area contributed by atoms with E-state index in [2.05, 4.69) is 11.1 Å². The second-order valence-corrected chi connectivity index (χ2v) is 4.39. The van der Waals surface area contributed by atoms with Gasteiger partial charge in [0.05, 0.1) is 19.7 Å². The zero-order valence-electron chi connectivity index (χ0n) is 10.0. The van der Waals surface area contributed by atoms with Crippen molar-refractivity contribution in [2.24, 2.45) is 5.73 Å². The summed E-state index contributed by atoms with van der Waals surface area (Å²) in [5, 5.41) is 1.20. The highest BCUT2D eigenvalue weighted by atomic mass is 16.5. The maximum atomic E-state index is 6.07. The topological polar surface area (TPSA) is 60.3 Å². The van der Waals surface area contributed by atoms with Gasteiger partial charge < -0.3 is 20.2 Å². The highest BCUT2D eigenvalue weighted by Gasteiger charge is 2.25. The van der Waals surface area contributed by atoms with Crippen molar-refractivity contribution in [3.63, 3.8) is 0 Å². The van der Waals surface area contributed by atoms with Gasteiger partial charge >= 0.3 is 0 Å². The molecule has 4 heteroatoms. The molecule has 17 heavy (non-hydrogen) atoms. The standard InChI is InChI=1S/C13H16N2O2/c1-16-10-6-4-8-7-3-5-9(14)11(7)15-12(8)13(10)17-2/h4,6,9,15H,3,5,14H2,1-2H3. The van der Waals surface area contributed by atoms with Crippen molar-refractivity contribution in [2.75, 3.05) is 14.2 Å². The summed E-state index contributed by atoms with van der Waals surface area (Å²) in [5.74, 6) is 1.50. The summed E-state index contributed by atoms with van der Waals surface area (Å²) in [5.41, 5.74) is 9.53. The van der Waals surface area contributed by atoms with Crippen molar-refractivity contribution in [3.05, 3.63) is 23.4 Å². The number of fused-ring (bicyclic) bond motifs is 3. The zero-order chi connectivity index (χ0) is 12.0. The van der Waals surface area contributed by atoms with Crippen molar-refractivity contribution < 1.29 is 9.47 Å². The minimum Gasteiger partial charge on any atom is -0.493 e. The van der Waals surface area contributed by atoms with Crippen molar-refractivity contribution in [2.45, 2.75) is 18.9 Å². The summed E-state index contributed by atoms with van der Waals surface area (Å²) >= 11 is 0. The summed E-state index contributed by atoms with van der Waals surface area (Å²) in [4.78, 5) is 3.39. The molecule has 1 unspecified atom stereocenters. The third kappa shape index (κ3) is 1.34. The fraction of sp³-hybridized carbons (Fsp3) is 0.385. The minimum absolute atomic E-state index is 0.119. The van der Waals surface area contributed by atoms with Gasteiger partial charge in [-0.25, -0.2) is 0 Å². The third-order valence-electron chi connectivity index (χ3n) is 3.53. The molecule has 1 aromatic carbocycles. The Hall–Kier alpha value is -1.68. The van der Waals surface area contributed by atoms with Crippen LogP contribution >= 0.6 is 0 Å². The lowest BCUT2D eigenvalue weighted by Gasteiger charge is -2.08. The minimum atomic E-state index is 0.119. The van der Waals surface area contributed by atoms with Gasteiger partial charge in [0.15, 0.2) is 11.5 Å². The predicted octanol–water partition coefficient (Wildman–Crippen LogP) is 2.13. The van der Waals surface area contributed by atoms with Crippen molar-refractivity contribution in [1.29, 1.82) is 0 Å². The molecule has 0 amide bonds. The highest BCUT2D eigenvalue weighted by Crippen LogP contribution is 2.41. The summed E-state index contributed by atoms with van der Waals surface area (Å²) in [6.07, 6.45) is 2.05. The molecule has 3 rings (SSSR count). The van der Waals surface area contributed by atoms with Crippen LogP contribution in [0, 0.1) is 0 Å². The molecule has 0 aliphatic heterocycles. The number of benzene rings is 1. The fourth-order valence-electron chi connectivity index (χ4n) is 2.69. The van der Waals surface area contributed by atoms with Gasteiger partial charge in [0, 0.05) is 17.1 Å². The van der Waals surface area contributed by atoms with E-state index in [0.717, 1.165) is 35.6 Å². The third-order valence-corrected chi connectivity index (χ3v) is 3.53. The number of H-pyrrole nitrogens is 1. The van der Waals surface area contributed by atoms with E-state index in [1.54, 1.807) is 14.2 Å². The Balaban J connectivity index is 2.31. The number of ether oxygens (including phenoxy) is 2. The number of aromatic amines is 1. The van der Waals surface area contributed by atoms with Gasteiger partial charge in [-0.2, -0.15) is 0 Å². The van der Waals surface area contributed by atoms with Gasteiger partial charge in [-0.1, -0.05) is 0 Å². The Kier molecular flexibility index (Phi) is 2.26. The summed E-state index contributed by atoms with van der Waals surface area (Å²) in [6.45, 7) is 0. The lowest BCUT2D eigenvalue weighted by molar-refractivity contribution is 0.358. The number of rotatable bonds is 2. The number of aromatic nitrogens is 1. The SMILES string of the molecule is COc1ccc2c3c([nH]c2c1OC)C(N)CC3. The van der Waals surface area contributed by atoms with Gasteiger partial charge in [-0.05, 0) is 30.5 Å². The van der Waals surface area contributed by atoms with E-state index in [0.29, 0.717) is 0 Å².